The van der Waals surface area contributed by atoms with E-state index >= 15 is 0 Å². The first kappa shape index (κ1) is 22.8. The second-order valence-corrected chi connectivity index (χ2v) is 9.62. The first-order valence-corrected chi connectivity index (χ1v) is 12.2. The average Bonchev–Trinajstić information content (AvgIpc) is 2.83. The van der Waals surface area contributed by atoms with Crippen molar-refractivity contribution in [1.82, 2.24) is 15.0 Å². The number of nitrogens with one attached hydrogen (secondary N) is 1. The van der Waals surface area contributed by atoms with Crippen molar-refractivity contribution in [3.8, 4) is 5.75 Å². The molecule has 1 atom stereocenters. The number of nitrogens with zero attached hydrogens (tertiary/aromatic N) is 3. The van der Waals surface area contributed by atoms with E-state index in [-0.39, 0.29) is 17.1 Å². The van der Waals surface area contributed by atoms with Gasteiger partial charge in [0.1, 0.15) is 17.4 Å². The maximum atomic E-state index is 13.9. The predicted molar refractivity (Wildman–Crippen MR) is 135 cm³/mol. The van der Waals surface area contributed by atoms with Gasteiger partial charge in [-0.25, -0.2) is 14.4 Å². The second kappa shape index (κ2) is 9.71. The Kier molecular flexibility index (Phi) is 6.50. The van der Waals surface area contributed by atoms with E-state index in [4.69, 9.17) is 16.3 Å². The smallest absolute Gasteiger partial charge is 0.224 e. The van der Waals surface area contributed by atoms with Crippen LogP contribution in [0.5, 0.6) is 5.75 Å². The van der Waals surface area contributed by atoms with Crippen molar-refractivity contribution in [2.75, 3.05) is 12.4 Å². The maximum absolute atomic E-state index is 13.9. The van der Waals surface area contributed by atoms with Gasteiger partial charge in [0.2, 0.25) is 5.28 Å². The van der Waals surface area contributed by atoms with Gasteiger partial charge in [-0.3, -0.25) is 4.98 Å². The number of rotatable bonds is 6. The summed E-state index contributed by atoms with van der Waals surface area (Å²) in [5.74, 6) is 2.37. The minimum absolute atomic E-state index is 0.203. The van der Waals surface area contributed by atoms with E-state index < -0.39 is 0 Å². The topological polar surface area (TPSA) is 59.9 Å². The summed E-state index contributed by atoms with van der Waals surface area (Å²) in [5, 5.41) is 5.65. The molecule has 7 heteroatoms. The minimum Gasteiger partial charge on any atom is -0.497 e. The van der Waals surface area contributed by atoms with Crippen molar-refractivity contribution in [3.05, 3.63) is 65.3 Å². The van der Waals surface area contributed by atoms with E-state index in [1.807, 2.05) is 24.4 Å². The molecule has 34 heavy (non-hydrogen) atoms. The number of ether oxygens (including phenoxy) is 1. The summed E-state index contributed by atoms with van der Waals surface area (Å²) in [6, 6.07) is 12.9. The number of hydrogen-bond acceptors (Lipinski definition) is 5. The number of halogens is 2. The zero-order valence-electron chi connectivity index (χ0n) is 19.4. The van der Waals surface area contributed by atoms with Crippen LogP contribution in [0.3, 0.4) is 0 Å². The van der Waals surface area contributed by atoms with Crippen LogP contribution in [0.25, 0.3) is 21.8 Å². The fraction of sp³-hybridized carbons (Fsp3) is 0.370. The summed E-state index contributed by atoms with van der Waals surface area (Å²) in [7, 11) is 1.63. The van der Waals surface area contributed by atoms with E-state index in [1.165, 1.54) is 11.6 Å². The summed E-state index contributed by atoms with van der Waals surface area (Å²) in [6.07, 6.45) is 7.42. The standard InChI is InChI=1S/C27H28ClFN4O/c1-16(31-26-22-9-8-20(34-2)15-25(22)32-27(28)33-26)13-17-3-5-18(6-4-17)21-11-12-30-24-10-7-19(29)14-23(21)24/h7-12,14-18H,3-6,13H2,1-2H3,(H,31,32,33)/t16-,17?,18?/m1/s1. The minimum atomic E-state index is -0.203. The van der Waals surface area contributed by atoms with Crippen LogP contribution in [0.15, 0.2) is 48.7 Å². The van der Waals surface area contributed by atoms with Gasteiger partial charge in [0.25, 0.3) is 0 Å². The molecule has 0 aliphatic heterocycles. The molecule has 1 fully saturated rings. The molecule has 4 aromatic rings. The van der Waals surface area contributed by atoms with Gasteiger partial charge in [-0.2, -0.15) is 0 Å². The monoisotopic (exact) mass is 478 g/mol. The lowest BCUT2D eigenvalue weighted by molar-refractivity contribution is 0.302. The highest BCUT2D eigenvalue weighted by Crippen LogP contribution is 2.40. The van der Waals surface area contributed by atoms with Gasteiger partial charge >= 0.3 is 0 Å². The molecule has 2 heterocycles. The van der Waals surface area contributed by atoms with Crippen molar-refractivity contribution < 1.29 is 9.13 Å². The summed E-state index contributed by atoms with van der Waals surface area (Å²) < 4.78 is 19.2. The van der Waals surface area contributed by atoms with E-state index in [0.717, 1.165) is 65.5 Å². The van der Waals surface area contributed by atoms with Gasteiger partial charge in [0.05, 0.1) is 18.1 Å². The van der Waals surface area contributed by atoms with Gasteiger partial charge in [-0.1, -0.05) is 0 Å². The Morgan fingerprint density at radius 3 is 2.65 bits per heavy atom. The SMILES string of the molecule is COc1ccc2c(N[C@H](C)CC3CCC(c4ccnc5ccc(F)cc45)CC3)nc(Cl)nc2c1. The number of aromatic nitrogens is 3. The molecule has 2 aromatic carbocycles. The van der Waals surface area contributed by atoms with Crippen LogP contribution in [0.1, 0.15) is 50.5 Å². The van der Waals surface area contributed by atoms with E-state index in [2.05, 4.69) is 33.3 Å². The molecule has 0 saturated heterocycles. The number of benzene rings is 2. The Balaban J connectivity index is 1.24. The highest BCUT2D eigenvalue weighted by atomic mass is 35.5. The lowest BCUT2D eigenvalue weighted by atomic mass is 9.76. The number of methoxy groups -OCH3 is 1. The second-order valence-electron chi connectivity index (χ2n) is 9.28. The molecule has 2 aromatic heterocycles. The van der Waals surface area contributed by atoms with Gasteiger partial charge < -0.3 is 10.1 Å². The molecule has 0 amide bonds. The quantitative estimate of drug-likeness (QED) is 0.298. The molecule has 0 spiro atoms. The van der Waals surface area contributed by atoms with Crippen molar-refractivity contribution in [1.29, 1.82) is 0 Å². The summed E-state index contributed by atoms with van der Waals surface area (Å²) in [4.78, 5) is 13.2. The van der Waals surface area contributed by atoms with Crippen LogP contribution < -0.4 is 10.1 Å². The number of fused-ring (bicyclic) bond motifs is 2. The zero-order chi connectivity index (χ0) is 23.7. The molecule has 5 rings (SSSR count). The first-order valence-electron chi connectivity index (χ1n) is 11.8. The molecular formula is C27H28ClFN4O. The Labute approximate surface area is 203 Å². The molecular weight excluding hydrogens is 451 g/mol. The van der Waals surface area contributed by atoms with Crippen molar-refractivity contribution in [2.24, 2.45) is 5.92 Å². The Hall–Kier alpha value is -2.99. The molecule has 5 nitrogen and oxygen atoms in total. The van der Waals surface area contributed by atoms with Crippen LogP contribution in [0.2, 0.25) is 5.28 Å². The van der Waals surface area contributed by atoms with Crippen LogP contribution in [-0.2, 0) is 0 Å². The van der Waals surface area contributed by atoms with Crippen molar-refractivity contribution in [3.63, 3.8) is 0 Å². The molecule has 0 unspecified atom stereocenters. The van der Waals surface area contributed by atoms with E-state index in [9.17, 15) is 4.39 Å². The fourth-order valence-electron chi connectivity index (χ4n) is 5.32. The average molecular weight is 479 g/mol. The highest BCUT2D eigenvalue weighted by Gasteiger charge is 2.25. The molecule has 0 bridgehead atoms. The summed E-state index contributed by atoms with van der Waals surface area (Å²) in [5.41, 5.74) is 2.86. The molecule has 1 saturated carbocycles. The number of hydrogen-bond donors (Lipinski definition) is 1. The highest BCUT2D eigenvalue weighted by molar-refractivity contribution is 6.28. The summed E-state index contributed by atoms with van der Waals surface area (Å²) >= 11 is 6.19. The van der Waals surface area contributed by atoms with Crippen LogP contribution in [0.4, 0.5) is 10.2 Å². The van der Waals surface area contributed by atoms with Gasteiger partial charge in [0.15, 0.2) is 0 Å². The molecule has 176 valence electrons. The van der Waals surface area contributed by atoms with Crippen LogP contribution in [-0.4, -0.2) is 28.1 Å². The largest absolute Gasteiger partial charge is 0.497 e. The predicted octanol–water partition coefficient (Wildman–Crippen LogP) is 7.14. The van der Waals surface area contributed by atoms with Gasteiger partial charge in [0, 0.05) is 29.1 Å². The molecule has 1 aliphatic rings. The van der Waals surface area contributed by atoms with Gasteiger partial charge in [-0.05, 0) is 104 Å². The zero-order valence-corrected chi connectivity index (χ0v) is 20.1. The molecule has 1 aliphatic carbocycles. The third-order valence-corrected chi connectivity index (χ3v) is 7.14. The lowest BCUT2D eigenvalue weighted by Crippen LogP contribution is -2.23. The molecule has 0 radical (unpaired) electrons. The van der Waals surface area contributed by atoms with Crippen molar-refractivity contribution in [2.45, 2.75) is 51.0 Å². The Morgan fingerprint density at radius 2 is 1.85 bits per heavy atom. The first-order chi connectivity index (χ1) is 16.5. The third-order valence-electron chi connectivity index (χ3n) is 6.97. The number of anilines is 1. The Morgan fingerprint density at radius 1 is 1.03 bits per heavy atom. The van der Waals surface area contributed by atoms with E-state index in [0.29, 0.717) is 11.8 Å². The van der Waals surface area contributed by atoms with E-state index in [1.54, 1.807) is 19.2 Å². The molecule has 1 N–H and O–H groups in total. The normalized spacial score (nSPS) is 19.3. The maximum Gasteiger partial charge on any atom is 0.224 e. The van der Waals surface area contributed by atoms with Crippen LogP contribution in [0, 0.1) is 11.7 Å². The lowest BCUT2D eigenvalue weighted by Gasteiger charge is -2.31. The van der Waals surface area contributed by atoms with Crippen molar-refractivity contribution >= 4 is 39.2 Å². The van der Waals surface area contributed by atoms with Gasteiger partial charge in [-0.15, -0.1) is 0 Å². The Bertz CT molecular complexity index is 1320. The third kappa shape index (κ3) is 4.78. The van der Waals surface area contributed by atoms with Crippen LogP contribution >= 0.6 is 11.6 Å². The summed E-state index contributed by atoms with van der Waals surface area (Å²) in [6.45, 7) is 2.19. The fourth-order valence-corrected chi connectivity index (χ4v) is 5.49. The number of pyridine rings is 1.